The van der Waals surface area contributed by atoms with Crippen LogP contribution in [0.4, 0.5) is 0 Å². The monoisotopic (exact) mass is 376 g/mol. The molecule has 0 saturated heterocycles. The van der Waals surface area contributed by atoms with Crippen LogP contribution in [0.3, 0.4) is 0 Å². The van der Waals surface area contributed by atoms with Gasteiger partial charge in [-0.3, -0.25) is 0 Å². The molecule has 2 aromatic carbocycles. The average Bonchev–Trinajstić information content (AvgIpc) is 2.90. The molecule has 1 nitrogen and oxygen atoms in total. The molecule has 0 atom stereocenters. The van der Waals surface area contributed by atoms with Crippen molar-refractivity contribution in [2.45, 2.75) is 41.5 Å². The number of aryl methyl sites for hydroxylation is 4. The van der Waals surface area contributed by atoms with E-state index in [0.29, 0.717) is 0 Å². The van der Waals surface area contributed by atoms with Crippen molar-refractivity contribution in [3.63, 3.8) is 0 Å². The molecule has 0 unspecified atom stereocenters. The maximum absolute atomic E-state index is 3.97. The largest absolute Gasteiger partial charge is 3.00 e. The van der Waals surface area contributed by atoms with Gasteiger partial charge in [-0.1, -0.05) is 41.5 Å². The standard InChI is InChI=1S/2C7H9.C4H10N.2ClH.Ti/c2*1-6-3-4-7(2)5-6;1-3-5-4-2;;;/h2*3-5H,1-2H3;3-4H2,1-2H3;2*1H;/q3*-1;;;+3/p-2. The summed E-state index contributed by atoms with van der Waals surface area (Å²) < 4.78 is 0. The first-order valence-corrected chi connectivity index (χ1v) is 7.02. The molecule has 0 spiro atoms. The van der Waals surface area contributed by atoms with Crippen LogP contribution in [0, 0.1) is 27.7 Å². The van der Waals surface area contributed by atoms with E-state index in [2.05, 4.69) is 69.4 Å². The molecule has 2 aromatic rings. The third-order valence-corrected chi connectivity index (χ3v) is 2.58. The van der Waals surface area contributed by atoms with Crippen LogP contribution < -0.4 is 24.8 Å². The number of hydrogen-bond donors (Lipinski definition) is 0. The van der Waals surface area contributed by atoms with E-state index in [1.165, 1.54) is 22.3 Å². The number of rotatable bonds is 2. The van der Waals surface area contributed by atoms with Crippen LogP contribution in [0.1, 0.15) is 36.1 Å². The predicted molar refractivity (Wildman–Crippen MR) is 87.5 cm³/mol. The summed E-state index contributed by atoms with van der Waals surface area (Å²) in [4.78, 5) is 0. The van der Waals surface area contributed by atoms with Crippen LogP contribution in [0.25, 0.3) is 5.32 Å². The van der Waals surface area contributed by atoms with Crippen molar-refractivity contribution in [2.75, 3.05) is 13.1 Å². The number of halogens is 2. The zero-order valence-electron chi connectivity index (χ0n) is 14.6. The molecular formula is C18H28Cl2NTi-2. The van der Waals surface area contributed by atoms with Crippen molar-refractivity contribution in [2.24, 2.45) is 0 Å². The molecule has 0 bridgehead atoms. The second-order valence-corrected chi connectivity index (χ2v) is 4.79. The summed E-state index contributed by atoms with van der Waals surface area (Å²) >= 11 is 0. The molecule has 0 heterocycles. The molecule has 4 heteroatoms. The molecule has 0 N–H and O–H groups in total. The Morgan fingerprint density at radius 1 is 0.818 bits per heavy atom. The van der Waals surface area contributed by atoms with E-state index >= 15 is 0 Å². The first kappa shape index (κ1) is 29.9. The predicted octanol–water partition coefficient (Wildman–Crippen LogP) is -0.550. The van der Waals surface area contributed by atoms with Gasteiger partial charge in [0.15, 0.2) is 0 Å². The Labute approximate surface area is 164 Å². The third-order valence-electron chi connectivity index (χ3n) is 2.58. The van der Waals surface area contributed by atoms with Crippen molar-refractivity contribution >= 4 is 0 Å². The average molecular weight is 377 g/mol. The molecule has 1 radical (unpaired) electrons. The van der Waals surface area contributed by atoms with Gasteiger partial charge in [-0.05, 0) is 0 Å². The van der Waals surface area contributed by atoms with Crippen molar-refractivity contribution in [1.82, 2.24) is 0 Å². The van der Waals surface area contributed by atoms with Crippen LogP contribution in [-0.4, -0.2) is 13.1 Å². The summed E-state index contributed by atoms with van der Waals surface area (Å²) in [7, 11) is 0. The second kappa shape index (κ2) is 19.0. The maximum Gasteiger partial charge on any atom is 3.00 e. The minimum Gasteiger partial charge on any atom is -1.00 e. The Kier molecular flexibility index (Phi) is 25.8. The van der Waals surface area contributed by atoms with E-state index in [9.17, 15) is 0 Å². The van der Waals surface area contributed by atoms with Gasteiger partial charge in [0.1, 0.15) is 0 Å². The van der Waals surface area contributed by atoms with Crippen LogP contribution in [0.15, 0.2) is 36.4 Å². The summed E-state index contributed by atoms with van der Waals surface area (Å²) in [5, 5.41) is 3.97. The fraction of sp³-hybridized carbons (Fsp3) is 0.444. The van der Waals surface area contributed by atoms with Gasteiger partial charge in [0.2, 0.25) is 0 Å². The molecule has 0 amide bonds. The van der Waals surface area contributed by atoms with Crippen LogP contribution in [0.2, 0.25) is 0 Å². The molecule has 0 saturated carbocycles. The van der Waals surface area contributed by atoms with Gasteiger partial charge in [0.25, 0.3) is 0 Å². The normalized spacial score (nSPS) is 7.91. The third kappa shape index (κ3) is 18.0. The topological polar surface area (TPSA) is 14.1 Å². The summed E-state index contributed by atoms with van der Waals surface area (Å²) in [6, 6.07) is 12.8. The van der Waals surface area contributed by atoms with E-state index in [1.807, 2.05) is 13.8 Å². The zero-order valence-corrected chi connectivity index (χ0v) is 17.7. The number of nitrogens with zero attached hydrogens (tertiary/aromatic N) is 1. The fourth-order valence-electron chi connectivity index (χ4n) is 1.66. The van der Waals surface area contributed by atoms with E-state index in [0.717, 1.165) is 13.1 Å². The summed E-state index contributed by atoms with van der Waals surface area (Å²) in [6.07, 6.45) is 0. The molecule has 125 valence electrons. The van der Waals surface area contributed by atoms with E-state index in [4.69, 9.17) is 0 Å². The second-order valence-electron chi connectivity index (χ2n) is 4.79. The molecule has 0 aliphatic rings. The Morgan fingerprint density at radius 3 is 1.18 bits per heavy atom. The molecular weight excluding hydrogens is 349 g/mol. The van der Waals surface area contributed by atoms with Gasteiger partial charge in [-0.2, -0.15) is 48.5 Å². The van der Waals surface area contributed by atoms with Gasteiger partial charge in [-0.25, -0.2) is 23.3 Å². The van der Waals surface area contributed by atoms with Gasteiger partial charge < -0.3 is 30.1 Å². The summed E-state index contributed by atoms with van der Waals surface area (Å²) in [6.45, 7) is 14.4. The first-order chi connectivity index (χ1) is 8.99. The van der Waals surface area contributed by atoms with E-state index in [1.54, 1.807) is 0 Å². The molecule has 0 aromatic heterocycles. The fourth-order valence-corrected chi connectivity index (χ4v) is 1.66. The quantitative estimate of drug-likeness (QED) is 0.493. The summed E-state index contributed by atoms with van der Waals surface area (Å²) in [5.74, 6) is 0. The molecule has 2 rings (SSSR count). The Morgan fingerprint density at radius 2 is 1.14 bits per heavy atom. The molecule has 0 aliphatic heterocycles. The molecule has 0 fully saturated rings. The van der Waals surface area contributed by atoms with Gasteiger partial charge in [0.05, 0.1) is 0 Å². The van der Waals surface area contributed by atoms with Gasteiger partial charge in [0, 0.05) is 0 Å². The van der Waals surface area contributed by atoms with E-state index in [-0.39, 0.29) is 46.5 Å². The van der Waals surface area contributed by atoms with Crippen LogP contribution in [-0.2, 0) is 21.7 Å². The van der Waals surface area contributed by atoms with E-state index < -0.39 is 0 Å². The Balaban J connectivity index is -0.000000105. The molecule has 22 heavy (non-hydrogen) atoms. The van der Waals surface area contributed by atoms with Crippen LogP contribution in [0.5, 0.6) is 0 Å². The minimum absolute atomic E-state index is 0. The van der Waals surface area contributed by atoms with Crippen molar-refractivity contribution < 1.29 is 46.5 Å². The minimum atomic E-state index is 0. The SMILES string of the molecule is CC[N-]CC.Cc1cc[c-](C)c1.Cc1cc[c-](C)c1.[Cl-].[Cl-].[Ti+3]. The van der Waals surface area contributed by atoms with Crippen LogP contribution >= 0.6 is 0 Å². The van der Waals surface area contributed by atoms with Gasteiger partial charge in [-0.15, -0.1) is 0 Å². The zero-order chi connectivity index (χ0) is 14.7. The smallest absolute Gasteiger partial charge is 1.00 e. The summed E-state index contributed by atoms with van der Waals surface area (Å²) in [5.41, 5.74) is 5.44. The first-order valence-electron chi connectivity index (χ1n) is 7.02. The van der Waals surface area contributed by atoms with Gasteiger partial charge >= 0.3 is 21.7 Å². The van der Waals surface area contributed by atoms with Crippen molar-refractivity contribution in [1.29, 1.82) is 0 Å². The Hall–Kier alpha value is -0.0457. The van der Waals surface area contributed by atoms with Crippen molar-refractivity contribution in [3.8, 4) is 0 Å². The maximum atomic E-state index is 3.97. The number of hydrogen-bond acceptors (Lipinski definition) is 0. The Bertz CT molecular complexity index is 362. The molecule has 0 aliphatic carbocycles. The van der Waals surface area contributed by atoms with Crippen molar-refractivity contribution in [3.05, 3.63) is 64.0 Å².